The van der Waals surface area contributed by atoms with Crippen LogP contribution in [0, 0.1) is 0 Å². The molecule has 31 heavy (non-hydrogen) atoms. The van der Waals surface area contributed by atoms with E-state index in [0.29, 0.717) is 30.0 Å². The summed E-state index contributed by atoms with van der Waals surface area (Å²) in [5.74, 6) is -2.19. The van der Waals surface area contributed by atoms with Gasteiger partial charge in [0.2, 0.25) is 0 Å². The molecule has 1 saturated heterocycles. The van der Waals surface area contributed by atoms with E-state index in [2.05, 4.69) is 36.2 Å². The first kappa shape index (κ1) is 22.2. The Hall–Kier alpha value is -3.45. The minimum atomic E-state index is -1.26. The van der Waals surface area contributed by atoms with E-state index in [-0.39, 0.29) is 5.97 Å². The molecule has 2 unspecified atom stereocenters. The third-order valence-electron chi connectivity index (χ3n) is 5.56. The molecule has 2 aliphatic rings. The Labute approximate surface area is 180 Å². The largest absolute Gasteiger partial charge is 0.478 e. The van der Waals surface area contributed by atoms with Gasteiger partial charge >= 0.3 is 17.9 Å². The normalized spacial score (nSPS) is 20.1. The summed E-state index contributed by atoms with van der Waals surface area (Å²) in [6, 6.07) is 13.7. The van der Waals surface area contributed by atoms with Crippen LogP contribution in [0.4, 0.5) is 0 Å². The smallest absolute Gasteiger partial charge is 0.328 e. The third kappa shape index (κ3) is 5.79. The molecule has 2 bridgehead atoms. The van der Waals surface area contributed by atoms with Crippen molar-refractivity contribution >= 4 is 34.3 Å². The van der Waals surface area contributed by atoms with E-state index in [4.69, 9.17) is 14.9 Å². The predicted octanol–water partition coefficient (Wildman–Crippen LogP) is 3.73. The molecule has 1 fully saturated rings. The molecule has 0 radical (unpaired) electrons. The van der Waals surface area contributed by atoms with Gasteiger partial charge in [-0.1, -0.05) is 24.3 Å². The first-order chi connectivity index (χ1) is 14.7. The summed E-state index contributed by atoms with van der Waals surface area (Å²) in [5.41, 5.74) is 2.80. The van der Waals surface area contributed by atoms with Crippen LogP contribution in [0.15, 0.2) is 54.6 Å². The van der Waals surface area contributed by atoms with Crippen molar-refractivity contribution in [3.63, 3.8) is 0 Å². The topological polar surface area (TPSA) is 104 Å². The fourth-order valence-electron chi connectivity index (χ4n) is 4.05. The highest BCUT2D eigenvalue weighted by molar-refractivity contribution is 5.90. The van der Waals surface area contributed by atoms with Crippen LogP contribution >= 0.6 is 0 Å². The Morgan fingerprint density at radius 3 is 2.26 bits per heavy atom. The zero-order chi connectivity index (χ0) is 22.5. The lowest BCUT2D eigenvalue weighted by molar-refractivity contribution is -0.134. The van der Waals surface area contributed by atoms with Gasteiger partial charge in [-0.2, -0.15) is 0 Å². The van der Waals surface area contributed by atoms with Crippen molar-refractivity contribution in [1.29, 1.82) is 0 Å². The second-order valence-electron chi connectivity index (χ2n) is 7.69. The number of esters is 1. The zero-order valence-electron chi connectivity index (χ0n) is 17.4. The molecule has 2 atom stereocenters. The van der Waals surface area contributed by atoms with E-state index >= 15 is 0 Å². The third-order valence-corrected chi connectivity index (χ3v) is 5.56. The molecule has 2 aliphatic heterocycles. The number of rotatable bonds is 4. The van der Waals surface area contributed by atoms with E-state index in [1.165, 1.54) is 36.3 Å². The fraction of sp³-hybridized carbons (Fsp3) is 0.292. The maximum absolute atomic E-state index is 11.1. The molecular formula is C24H25NO6. The minimum absolute atomic E-state index is 0.284. The number of carbonyl (C=O) groups is 3. The Morgan fingerprint density at radius 2 is 1.65 bits per heavy atom. The summed E-state index contributed by atoms with van der Waals surface area (Å²) in [6.07, 6.45) is 7.29. The first-order valence-corrected chi connectivity index (χ1v) is 10.0. The van der Waals surface area contributed by atoms with Gasteiger partial charge in [-0.15, -0.1) is 0 Å². The second-order valence-corrected chi connectivity index (χ2v) is 7.69. The summed E-state index contributed by atoms with van der Waals surface area (Å²) >= 11 is 0. The van der Waals surface area contributed by atoms with Gasteiger partial charge in [0.15, 0.2) is 0 Å². The van der Waals surface area contributed by atoms with Crippen molar-refractivity contribution in [3.05, 3.63) is 60.2 Å². The molecule has 0 spiro atoms. The lowest BCUT2D eigenvalue weighted by atomic mass is 9.93. The summed E-state index contributed by atoms with van der Waals surface area (Å²) in [5, 5.41) is 17.9. The highest BCUT2D eigenvalue weighted by Crippen LogP contribution is 2.38. The standard InChI is InChI=1S/C20H21NO2.C4H4O4/c1-13(22)23-20-8-5-14-9-15(3-4-16(14)12-20)17-10-18-6-7-19(11-17)21(18)2;5-3(6)1-2-4(7)8/h3-5,8-10,12,18-19H,6-7,11H2,1-2H3;1-2H,(H,5,6)(H,7,8)/b;2-1+. The van der Waals surface area contributed by atoms with E-state index in [1.54, 1.807) is 0 Å². The van der Waals surface area contributed by atoms with Gasteiger partial charge in [0.1, 0.15) is 5.75 Å². The number of carbonyl (C=O) groups excluding carboxylic acids is 1. The number of carboxylic acids is 2. The van der Waals surface area contributed by atoms with Crippen LogP contribution in [0.3, 0.4) is 0 Å². The van der Waals surface area contributed by atoms with E-state index in [0.717, 1.165) is 11.8 Å². The summed E-state index contributed by atoms with van der Waals surface area (Å²) in [7, 11) is 2.24. The molecule has 0 aromatic heterocycles. The van der Waals surface area contributed by atoms with Gasteiger partial charge in [0, 0.05) is 31.2 Å². The number of likely N-dealkylation sites (N-methyl/N-ethyl adjacent to an activating group) is 1. The Morgan fingerprint density at radius 1 is 1.00 bits per heavy atom. The molecular weight excluding hydrogens is 398 g/mol. The summed E-state index contributed by atoms with van der Waals surface area (Å²) in [4.78, 5) is 32.7. The molecule has 0 saturated carbocycles. The monoisotopic (exact) mass is 423 g/mol. The van der Waals surface area contributed by atoms with Crippen LogP contribution in [0.5, 0.6) is 5.75 Å². The quantitative estimate of drug-likeness (QED) is 0.439. The number of hydrogen-bond donors (Lipinski definition) is 2. The number of nitrogens with zero attached hydrogens (tertiary/aromatic N) is 1. The van der Waals surface area contributed by atoms with Gasteiger partial charge in [-0.05, 0) is 66.4 Å². The molecule has 0 aliphatic carbocycles. The predicted molar refractivity (Wildman–Crippen MR) is 117 cm³/mol. The lowest BCUT2D eigenvalue weighted by Gasteiger charge is -2.30. The van der Waals surface area contributed by atoms with Crippen molar-refractivity contribution in [2.75, 3.05) is 7.05 Å². The molecule has 2 heterocycles. The van der Waals surface area contributed by atoms with Crippen LogP contribution in [-0.2, 0) is 14.4 Å². The molecule has 2 aromatic carbocycles. The Balaban J connectivity index is 0.000000293. The van der Waals surface area contributed by atoms with Gasteiger partial charge in [0.25, 0.3) is 0 Å². The van der Waals surface area contributed by atoms with Gasteiger partial charge in [-0.25, -0.2) is 9.59 Å². The van der Waals surface area contributed by atoms with Gasteiger partial charge < -0.3 is 14.9 Å². The number of fused-ring (bicyclic) bond motifs is 3. The van der Waals surface area contributed by atoms with E-state index in [9.17, 15) is 14.4 Å². The second kappa shape index (κ2) is 9.57. The van der Waals surface area contributed by atoms with Crippen LogP contribution in [0.1, 0.15) is 31.7 Å². The number of ether oxygens (including phenoxy) is 1. The number of aliphatic carboxylic acids is 2. The maximum atomic E-state index is 11.1. The molecule has 0 amide bonds. The summed E-state index contributed by atoms with van der Waals surface area (Å²) in [6.45, 7) is 1.42. The highest BCUT2D eigenvalue weighted by atomic mass is 16.5. The average molecular weight is 423 g/mol. The maximum Gasteiger partial charge on any atom is 0.328 e. The molecule has 7 nitrogen and oxygen atoms in total. The Bertz CT molecular complexity index is 1050. The average Bonchev–Trinajstić information content (AvgIpc) is 2.91. The zero-order valence-corrected chi connectivity index (χ0v) is 17.4. The van der Waals surface area contributed by atoms with Crippen molar-refractivity contribution in [2.45, 2.75) is 38.3 Å². The number of carboxylic acid groups (broad SMARTS) is 2. The van der Waals surface area contributed by atoms with E-state index in [1.807, 2.05) is 18.2 Å². The van der Waals surface area contributed by atoms with Crippen molar-refractivity contribution < 1.29 is 29.3 Å². The van der Waals surface area contributed by atoms with Crippen LogP contribution < -0.4 is 4.74 Å². The van der Waals surface area contributed by atoms with Crippen molar-refractivity contribution in [3.8, 4) is 5.75 Å². The van der Waals surface area contributed by atoms with Crippen molar-refractivity contribution in [2.24, 2.45) is 0 Å². The van der Waals surface area contributed by atoms with Crippen LogP contribution in [0.2, 0.25) is 0 Å². The van der Waals surface area contributed by atoms with E-state index < -0.39 is 11.9 Å². The molecule has 7 heteroatoms. The van der Waals surface area contributed by atoms with Crippen LogP contribution in [-0.4, -0.2) is 52.2 Å². The van der Waals surface area contributed by atoms with Gasteiger partial charge in [-0.3, -0.25) is 9.69 Å². The molecule has 4 rings (SSSR count). The molecule has 162 valence electrons. The minimum Gasteiger partial charge on any atom is -0.478 e. The molecule has 2 N–H and O–H groups in total. The van der Waals surface area contributed by atoms with Crippen molar-refractivity contribution in [1.82, 2.24) is 4.90 Å². The van der Waals surface area contributed by atoms with Crippen LogP contribution in [0.25, 0.3) is 16.3 Å². The Kier molecular flexibility index (Phi) is 6.87. The number of benzene rings is 2. The number of hydrogen-bond acceptors (Lipinski definition) is 5. The summed E-state index contributed by atoms with van der Waals surface area (Å²) < 4.78 is 5.16. The fourth-order valence-corrected chi connectivity index (χ4v) is 4.05. The lowest BCUT2D eigenvalue weighted by Crippen LogP contribution is -2.34. The first-order valence-electron chi connectivity index (χ1n) is 10.0. The van der Waals surface area contributed by atoms with Gasteiger partial charge in [0.05, 0.1) is 0 Å². The highest BCUT2D eigenvalue weighted by Gasteiger charge is 2.33. The molecule has 2 aromatic rings. The SMILES string of the molecule is CC(=O)Oc1ccc2cc(C3=CC4CCC(C3)N4C)ccc2c1.O=C(O)/C=C/C(=O)O.